The minimum absolute atomic E-state index is 0.146. The molecule has 1 aliphatic rings. The molecule has 4 aromatic carbocycles. The minimum atomic E-state index is -1.21. The number of carbonyl (C=O) groups is 1. The number of benzene rings is 4. The second kappa shape index (κ2) is 14.7. The van der Waals surface area contributed by atoms with E-state index >= 15 is 0 Å². The fourth-order valence-electron chi connectivity index (χ4n) is 8.56. The van der Waals surface area contributed by atoms with Gasteiger partial charge in [0.15, 0.2) is 5.60 Å². The second-order valence-corrected chi connectivity index (χ2v) is 17.0. The second-order valence-electron chi connectivity index (χ2n) is 17.0. The highest BCUT2D eigenvalue weighted by molar-refractivity contribution is 5.99. The highest BCUT2D eigenvalue weighted by Gasteiger charge is 2.52. The number of anilines is 1. The van der Waals surface area contributed by atoms with Gasteiger partial charge >= 0.3 is 5.97 Å². The summed E-state index contributed by atoms with van der Waals surface area (Å²) in [6.07, 6.45) is 1.12. The zero-order chi connectivity index (χ0) is 38.3. The van der Waals surface area contributed by atoms with Crippen molar-refractivity contribution >= 4 is 22.6 Å². The largest absolute Gasteiger partial charge is 0.488 e. The molecular weight excluding hydrogens is 653 g/mol. The summed E-state index contributed by atoms with van der Waals surface area (Å²) >= 11 is 0. The first-order valence-corrected chi connectivity index (χ1v) is 19.7. The number of hydrogen-bond donors (Lipinski definition) is 0. The summed E-state index contributed by atoms with van der Waals surface area (Å²) in [7, 11) is 0. The van der Waals surface area contributed by atoms with Gasteiger partial charge in [-0.3, -0.25) is 0 Å². The van der Waals surface area contributed by atoms with Crippen LogP contribution in [0.4, 0.5) is 5.69 Å². The van der Waals surface area contributed by atoms with E-state index in [2.05, 4.69) is 152 Å². The summed E-state index contributed by atoms with van der Waals surface area (Å²) in [6, 6.07) is 31.8. The number of esters is 1. The standard InChI is InChI=1S/C48H60N2O3/c1-12-49(13-2)36-27-28-40(43(29-36)52-31-34-23-25-35(26-24-34)41(30-46(7,8)9)47(10,11)32(4)5)48(39-21-17-15-19-37(39)45(51)53-48)44-33(6)50(14-3)42-22-18-16-20-38(42)44/h15-29,32,41H,12-14,30-31H2,1-11H3. The molecular formula is C48H60N2O3. The zero-order valence-electron chi connectivity index (χ0n) is 34.0. The Morgan fingerprint density at radius 1 is 0.830 bits per heavy atom. The van der Waals surface area contributed by atoms with E-state index in [1.807, 2.05) is 24.3 Å². The maximum atomic E-state index is 13.9. The van der Waals surface area contributed by atoms with Crippen molar-refractivity contribution < 1.29 is 14.3 Å². The molecule has 0 aliphatic carbocycles. The van der Waals surface area contributed by atoms with Gasteiger partial charge in [-0.2, -0.15) is 0 Å². The first-order chi connectivity index (χ1) is 25.2. The monoisotopic (exact) mass is 712 g/mol. The first-order valence-electron chi connectivity index (χ1n) is 19.7. The summed E-state index contributed by atoms with van der Waals surface area (Å²) in [4.78, 5) is 16.2. The van der Waals surface area contributed by atoms with Crippen molar-refractivity contribution in [2.45, 2.75) is 107 Å². The molecule has 5 nitrogen and oxygen atoms in total. The molecule has 0 radical (unpaired) electrons. The molecule has 0 saturated carbocycles. The molecule has 5 aromatic rings. The summed E-state index contributed by atoms with van der Waals surface area (Å²) in [5.74, 6) is 1.37. The lowest BCUT2D eigenvalue weighted by atomic mass is 9.63. The molecule has 0 spiro atoms. The van der Waals surface area contributed by atoms with Crippen LogP contribution >= 0.6 is 0 Å². The van der Waals surface area contributed by atoms with Crippen molar-refractivity contribution in [1.82, 2.24) is 4.57 Å². The summed E-state index contributed by atoms with van der Waals surface area (Å²) in [5, 5.41) is 1.07. The lowest BCUT2D eigenvalue weighted by Gasteiger charge is -2.41. The Labute approximate surface area is 318 Å². The molecule has 1 aromatic heterocycles. The van der Waals surface area contributed by atoms with E-state index in [-0.39, 0.29) is 16.8 Å². The predicted molar refractivity (Wildman–Crippen MR) is 220 cm³/mol. The normalized spacial score (nSPS) is 16.6. The van der Waals surface area contributed by atoms with Gasteiger partial charge in [0.1, 0.15) is 12.4 Å². The van der Waals surface area contributed by atoms with E-state index in [0.717, 1.165) is 70.6 Å². The summed E-state index contributed by atoms with van der Waals surface area (Å²) < 4.78 is 16.1. The Balaban J connectivity index is 1.50. The van der Waals surface area contributed by atoms with Gasteiger partial charge in [0.25, 0.3) is 0 Å². The Bertz CT molecular complexity index is 2080. The van der Waals surface area contributed by atoms with E-state index < -0.39 is 5.60 Å². The number of hydrogen-bond acceptors (Lipinski definition) is 4. The molecule has 2 heterocycles. The molecule has 1 aliphatic heterocycles. The first kappa shape index (κ1) is 38.2. The molecule has 5 heteroatoms. The van der Waals surface area contributed by atoms with Gasteiger partial charge in [0.2, 0.25) is 0 Å². The van der Waals surface area contributed by atoms with E-state index in [9.17, 15) is 4.79 Å². The van der Waals surface area contributed by atoms with E-state index in [4.69, 9.17) is 9.47 Å². The third kappa shape index (κ3) is 6.88. The van der Waals surface area contributed by atoms with Crippen LogP contribution in [0.3, 0.4) is 0 Å². The van der Waals surface area contributed by atoms with E-state index in [0.29, 0.717) is 29.8 Å². The van der Waals surface area contributed by atoms with Crippen LogP contribution in [-0.2, 0) is 23.5 Å². The van der Waals surface area contributed by atoms with E-state index in [1.165, 1.54) is 5.56 Å². The molecule has 6 rings (SSSR count). The highest BCUT2D eigenvalue weighted by atomic mass is 16.6. The molecule has 2 atom stereocenters. The molecule has 280 valence electrons. The van der Waals surface area contributed by atoms with Crippen LogP contribution in [0.5, 0.6) is 5.75 Å². The van der Waals surface area contributed by atoms with Crippen molar-refractivity contribution in [3.05, 3.63) is 130 Å². The Morgan fingerprint density at radius 2 is 1.49 bits per heavy atom. The summed E-state index contributed by atoms with van der Waals surface area (Å²) in [5.41, 5.74) is 8.13. The molecule has 53 heavy (non-hydrogen) atoms. The number of cyclic esters (lactones) is 1. The molecule has 0 saturated heterocycles. The topological polar surface area (TPSA) is 43.7 Å². The fraction of sp³-hybridized carbons (Fsp3) is 0.438. The molecule has 2 unspecified atom stereocenters. The Kier molecular flexibility index (Phi) is 10.6. The van der Waals surface area contributed by atoms with Crippen LogP contribution in [0.2, 0.25) is 0 Å². The van der Waals surface area contributed by atoms with E-state index in [1.54, 1.807) is 0 Å². The molecule has 0 bridgehead atoms. The Hall–Kier alpha value is -4.51. The molecule has 0 fully saturated rings. The number of rotatable bonds is 13. The number of fused-ring (bicyclic) bond motifs is 2. The predicted octanol–water partition coefficient (Wildman–Crippen LogP) is 12.1. The number of nitrogens with zero attached hydrogens (tertiary/aromatic N) is 2. The van der Waals surface area contributed by atoms with Crippen molar-refractivity contribution in [3.63, 3.8) is 0 Å². The number of aromatic nitrogens is 1. The molecule has 0 N–H and O–H groups in total. The smallest absolute Gasteiger partial charge is 0.340 e. The van der Waals surface area contributed by atoms with Crippen molar-refractivity contribution in [3.8, 4) is 5.75 Å². The van der Waals surface area contributed by atoms with Crippen molar-refractivity contribution in [2.75, 3.05) is 18.0 Å². The zero-order valence-corrected chi connectivity index (χ0v) is 34.0. The van der Waals surface area contributed by atoms with Gasteiger partial charge in [-0.05, 0) is 92.2 Å². The number of aryl methyl sites for hydroxylation is 1. The fourth-order valence-corrected chi connectivity index (χ4v) is 8.56. The number of para-hydroxylation sites is 1. The maximum absolute atomic E-state index is 13.9. The minimum Gasteiger partial charge on any atom is -0.488 e. The third-order valence-corrected chi connectivity index (χ3v) is 12.1. The van der Waals surface area contributed by atoms with Crippen LogP contribution in [0.15, 0.2) is 91.0 Å². The maximum Gasteiger partial charge on any atom is 0.340 e. The van der Waals surface area contributed by atoms with Gasteiger partial charge in [-0.25, -0.2) is 4.79 Å². The highest BCUT2D eigenvalue weighted by Crippen LogP contribution is 2.54. The van der Waals surface area contributed by atoms with Crippen LogP contribution in [0.25, 0.3) is 10.9 Å². The van der Waals surface area contributed by atoms with Gasteiger partial charge in [0, 0.05) is 64.7 Å². The van der Waals surface area contributed by atoms with Gasteiger partial charge in [0.05, 0.1) is 5.56 Å². The summed E-state index contributed by atoms with van der Waals surface area (Å²) in [6.45, 7) is 28.1. The van der Waals surface area contributed by atoms with Crippen LogP contribution < -0.4 is 9.64 Å². The average molecular weight is 713 g/mol. The van der Waals surface area contributed by atoms with Gasteiger partial charge in [-0.15, -0.1) is 0 Å². The van der Waals surface area contributed by atoms with Crippen LogP contribution in [0.1, 0.15) is 125 Å². The van der Waals surface area contributed by atoms with Gasteiger partial charge < -0.3 is 18.9 Å². The lowest BCUT2D eigenvalue weighted by molar-refractivity contribution is 0.0245. The number of ether oxygens (including phenoxy) is 2. The van der Waals surface area contributed by atoms with Gasteiger partial charge in [-0.1, -0.05) is 109 Å². The van der Waals surface area contributed by atoms with Crippen molar-refractivity contribution in [1.29, 1.82) is 0 Å². The molecule has 0 amide bonds. The average Bonchev–Trinajstić information content (AvgIpc) is 3.60. The SMILES string of the molecule is CCN(CC)c1ccc(C2(c3c(C)n(CC)c4ccccc34)OC(=O)c3ccccc32)c(OCc2ccc(C(CC(C)(C)C)C(C)(C)C(C)C)cc2)c1. The van der Waals surface area contributed by atoms with Crippen LogP contribution in [0, 0.1) is 23.7 Å². The third-order valence-electron chi connectivity index (χ3n) is 12.1. The quantitative estimate of drug-likeness (QED) is 0.114. The van der Waals surface area contributed by atoms with Crippen LogP contribution in [-0.4, -0.2) is 23.6 Å². The number of carbonyl (C=O) groups excluding carboxylic acids is 1. The lowest BCUT2D eigenvalue weighted by Crippen LogP contribution is -2.31. The Morgan fingerprint density at radius 3 is 2.13 bits per heavy atom. The van der Waals surface area contributed by atoms with Crippen molar-refractivity contribution in [2.24, 2.45) is 16.7 Å².